The van der Waals surface area contributed by atoms with Crippen LogP contribution in [0.5, 0.6) is 0 Å². The number of hydrogen-bond donors (Lipinski definition) is 2. The van der Waals surface area contributed by atoms with Gasteiger partial charge in [0.05, 0.1) is 19.3 Å². The minimum Gasteiger partial charge on any atom is -0.465 e. The zero-order valence-electron chi connectivity index (χ0n) is 11.7. The summed E-state index contributed by atoms with van der Waals surface area (Å²) in [7, 11) is 1.32. The van der Waals surface area contributed by atoms with Crippen LogP contribution in [0.1, 0.15) is 27.2 Å². The number of anilines is 1. The first-order valence-electron chi connectivity index (χ1n) is 6.25. The topological polar surface area (TPSA) is 90.7 Å². The fraction of sp³-hybridized carbons (Fsp3) is 0.538. The molecule has 0 aliphatic carbocycles. The molecular weight excluding hydrogens is 280 g/mol. The van der Waals surface area contributed by atoms with Crippen molar-refractivity contribution in [2.24, 2.45) is 5.73 Å². The highest BCUT2D eigenvalue weighted by atomic mass is 32.1. The Balaban J connectivity index is 2.27. The van der Waals surface area contributed by atoms with Crippen LogP contribution in [0.15, 0.2) is 0 Å². The summed E-state index contributed by atoms with van der Waals surface area (Å²) >= 11 is 1.34. The SMILES string of the molecule is COC(=O)c1c(NC(=O)C2(N)CCOC2)sc(C)c1C. The molecule has 0 saturated carbocycles. The fourth-order valence-electron chi connectivity index (χ4n) is 2.05. The lowest BCUT2D eigenvalue weighted by Crippen LogP contribution is -2.51. The quantitative estimate of drug-likeness (QED) is 0.818. The van der Waals surface area contributed by atoms with Crippen LogP contribution in [0, 0.1) is 13.8 Å². The molecule has 2 rings (SSSR count). The molecule has 1 fully saturated rings. The van der Waals surface area contributed by atoms with Crippen molar-refractivity contribution in [3.8, 4) is 0 Å². The molecule has 1 atom stereocenters. The molecule has 1 aliphatic heterocycles. The van der Waals surface area contributed by atoms with Crippen LogP contribution >= 0.6 is 11.3 Å². The number of hydrogen-bond acceptors (Lipinski definition) is 6. The average Bonchev–Trinajstić information content (AvgIpc) is 2.96. The summed E-state index contributed by atoms with van der Waals surface area (Å²) in [6.07, 6.45) is 0.468. The molecule has 1 saturated heterocycles. The minimum atomic E-state index is -1.03. The van der Waals surface area contributed by atoms with Gasteiger partial charge in [-0.25, -0.2) is 4.79 Å². The third-order valence-electron chi connectivity index (χ3n) is 3.51. The second-order valence-corrected chi connectivity index (χ2v) is 6.12. The van der Waals surface area contributed by atoms with Crippen molar-refractivity contribution in [1.29, 1.82) is 0 Å². The molecule has 1 aromatic heterocycles. The van der Waals surface area contributed by atoms with Crippen molar-refractivity contribution in [1.82, 2.24) is 0 Å². The number of ether oxygens (including phenoxy) is 2. The Kier molecular flexibility index (Phi) is 4.12. The number of methoxy groups -OCH3 is 1. The Hall–Kier alpha value is -1.44. The van der Waals surface area contributed by atoms with E-state index >= 15 is 0 Å². The number of nitrogens with one attached hydrogen (secondary N) is 1. The summed E-state index contributed by atoms with van der Waals surface area (Å²) in [4.78, 5) is 25.0. The van der Waals surface area contributed by atoms with E-state index in [0.717, 1.165) is 10.4 Å². The first kappa shape index (κ1) is 15.0. The predicted octanol–water partition coefficient (Wildman–Crippen LogP) is 1.21. The van der Waals surface area contributed by atoms with Crippen molar-refractivity contribution in [3.63, 3.8) is 0 Å². The molecule has 1 amide bonds. The summed E-state index contributed by atoms with van der Waals surface area (Å²) in [5.41, 5.74) is 6.18. The number of esters is 1. The van der Waals surface area contributed by atoms with Gasteiger partial charge < -0.3 is 20.5 Å². The van der Waals surface area contributed by atoms with Crippen LogP contribution in [0.2, 0.25) is 0 Å². The van der Waals surface area contributed by atoms with Gasteiger partial charge in [0.2, 0.25) is 5.91 Å². The van der Waals surface area contributed by atoms with Gasteiger partial charge in [-0.15, -0.1) is 11.3 Å². The molecule has 0 radical (unpaired) electrons. The van der Waals surface area contributed by atoms with E-state index in [9.17, 15) is 9.59 Å². The standard InChI is InChI=1S/C13H18N2O4S/c1-7-8(2)20-10(9(7)11(16)18-3)15-12(17)13(14)4-5-19-6-13/h4-6,14H2,1-3H3,(H,15,17). The summed E-state index contributed by atoms with van der Waals surface area (Å²) < 4.78 is 9.94. The van der Waals surface area contributed by atoms with Crippen LogP contribution in [0.3, 0.4) is 0 Å². The molecule has 1 aromatic rings. The molecule has 1 unspecified atom stereocenters. The van der Waals surface area contributed by atoms with Gasteiger partial charge in [-0.05, 0) is 25.8 Å². The molecular formula is C13H18N2O4S. The number of carbonyl (C=O) groups excluding carboxylic acids is 2. The molecule has 0 spiro atoms. The van der Waals surface area contributed by atoms with Crippen LogP contribution in [0.25, 0.3) is 0 Å². The normalized spacial score (nSPS) is 21.8. The maximum absolute atomic E-state index is 12.3. The van der Waals surface area contributed by atoms with E-state index in [1.165, 1.54) is 18.4 Å². The highest BCUT2D eigenvalue weighted by Crippen LogP contribution is 2.33. The van der Waals surface area contributed by atoms with Gasteiger partial charge in [-0.3, -0.25) is 4.79 Å². The monoisotopic (exact) mass is 298 g/mol. The van der Waals surface area contributed by atoms with Gasteiger partial charge in [-0.2, -0.15) is 0 Å². The molecule has 0 bridgehead atoms. The van der Waals surface area contributed by atoms with Crippen molar-refractivity contribution in [2.75, 3.05) is 25.6 Å². The Morgan fingerprint density at radius 2 is 2.15 bits per heavy atom. The lowest BCUT2D eigenvalue weighted by atomic mass is 9.99. The van der Waals surface area contributed by atoms with Crippen molar-refractivity contribution < 1.29 is 19.1 Å². The molecule has 7 heteroatoms. The number of amides is 1. The number of thiophene rings is 1. The van der Waals surface area contributed by atoms with Crippen molar-refractivity contribution >= 4 is 28.2 Å². The van der Waals surface area contributed by atoms with Crippen LogP contribution in [-0.4, -0.2) is 37.7 Å². The second kappa shape index (κ2) is 5.51. The van der Waals surface area contributed by atoms with Crippen molar-refractivity contribution in [2.45, 2.75) is 25.8 Å². The Morgan fingerprint density at radius 3 is 2.70 bits per heavy atom. The summed E-state index contributed by atoms with van der Waals surface area (Å²) in [5.74, 6) is -0.794. The largest absolute Gasteiger partial charge is 0.465 e. The summed E-state index contributed by atoms with van der Waals surface area (Å²) in [6, 6.07) is 0. The van der Waals surface area contributed by atoms with E-state index in [-0.39, 0.29) is 12.5 Å². The van der Waals surface area contributed by atoms with Crippen molar-refractivity contribution in [3.05, 3.63) is 16.0 Å². The molecule has 20 heavy (non-hydrogen) atoms. The molecule has 1 aliphatic rings. The van der Waals surface area contributed by atoms with Crippen LogP contribution in [-0.2, 0) is 14.3 Å². The maximum Gasteiger partial charge on any atom is 0.341 e. The highest BCUT2D eigenvalue weighted by molar-refractivity contribution is 7.16. The van der Waals surface area contributed by atoms with E-state index in [0.29, 0.717) is 23.6 Å². The zero-order chi connectivity index (χ0) is 14.9. The van der Waals surface area contributed by atoms with Crippen LogP contribution < -0.4 is 11.1 Å². The van der Waals surface area contributed by atoms with E-state index in [4.69, 9.17) is 15.2 Å². The lowest BCUT2D eigenvalue weighted by molar-refractivity contribution is -0.121. The number of aryl methyl sites for hydroxylation is 1. The van der Waals surface area contributed by atoms with Gasteiger partial charge >= 0.3 is 5.97 Å². The maximum atomic E-state index is 12.3. The fourth-order valence-corrected chi connectivity index (χ4v) is 3.09. The van der Waals surface area contributed by atoms with Gasteiger partial charge in [0.25, 0.3) is 0 Å². The molecule has 110 valence electrons. The Bertz CT molecular complexity index is 547. The van der Waals surface area contributed by atoms with Gasteiger partial charge in [0, 0.05) is 11.5 Å². The Morgan fingerprint density at radius 1 is 1.45 bits per heavy atom. The first-order valence-corrected chi connectivity index (χ1v) is 7.07. The summed E-state index contributed by atoms with van der Waals surface area (Å²) in [5, 5.41) is 3.22. The van der Waals surface area contributed by atoms with E-state index < -0.39 is 11.5 Å². The Labute approximate surface area is 121 Å². The van der Waals surface area contributed by atoms with Gasteiger partial charge in [0.1, 0.15) is 10.5 Å². The summed E-state index contributed by atoms with van der Waals surface area (Å²) in [6.45, 7) is 4.37. The van der Waals surface area contributed by atoms with Gasteiger partial charge in [-0.1, -0.05) is 0 Å². The second-order valence-electron chi connectivity index (χ2n) is 4.89. The first-order chi connectivity index (χ1) is 9.39. The smallest absolute Gasteiger partial charge is 0.341 e. The number of rotatable bonds is 3. The lowest BCUT2D eigenvalue weighted by Gasteiger charge is -2.20. The van der Waals surface area contributed by atoms with E-state index in [1.807, 2.05) is 13.8 Å². The third kappa shape index (κ3) is 2.56. The van der Waals surface area contributed by atoms with E-state index in [1.54, 1.807) is 0 Å². The number of nitrogens with two attached hydrogens (primary N) is 1. The molecule has 3 N–H and O–H groups in total. The highest BCUT2D eigenvalue weighted by Gasteiger charge is 2.39. The number of carbonyl (C=O) groups is 2. The predicted molar refractivity (Wildman–Crippen MR) is 76.1 cm³/mol. The average molecular weight is 298 g/mol. The minimum absolute atomic E-state index is 0.190. The molecule has 6 nitrogen and oxygen atoms in total. The van der Waals surface area contributed by atoms with Gasteiger partial charge in [0.15, 0.2) is 0 Å². The molecule has 2 heterocycles. The zero-order valence-corrected chi connectivity index (χ0v) is 12.6. The van der Waals surface area contributed by atoms with E-state index in [2.05, 4.69) is 5.32 Å². The third-order valence-corrected chi connectivity index (χ3v) is 4.63. The van der Waals surface area contributed by atoms with Crippen LogP contribution in [0.4, 0.5) is 5.00 Å². The molecule has 0 aromatic carbocycles.